The number of likely N-dealkylation sites (tertiary alicyclic amines) is 1. The van der Waals surface area contributed by atoms with Gasteiger partial charge in [0.15, 0.2) is 5.96 Å². The van der Waals surface area contributed by atoms with Gasteiger partial charge in [-0.1, -0.05) is 0 Å². The lowest BCUT2D eigenvalue weighted by Gasteiger charge is -2.36. The van der Waals surface area contributed by atoms with Crippen molar-refractivity contribution in [2.75, 3.05) is 53.0 Å². The quantitative estimate of drug-likeness (QED) is 0.480. The first-order valence-corrected chi connectivity index (χ1v) is 9.55. The Labute approximate surface area is 151 Å². The molecule has 2 aliphatic heterocycles. The van der Waals surface area contributed by atoms with Gasteiger partial charge < -0.3 is 25.4 Å². The molecule has 3 N–H and O–H groups in total. The van der Waals surface area contributed by atoms with Crippen LogP contribution in [0.5, 0.6) is 0 Å². The van der Waals surface area contributed by atoms with E-state index < -0.39 is 0 Å². The molecule has 0 bridgehead atoms. The summed E-state index contributed by atoms with van der Waals surface area (Å²) in [5.74, 6) is 1.52. The molecule has 2 saturated heterocycles. The summed E-state index contributed by atoms with van der Waals surface area (Å²) in [6.07, 6.45) is 4.36. The molecule has 2 rings (SSSR count). The Morgan fingerprint density at radius 1 is 1.32 bits per heavy atom. The lowest BCUT2D eigenvalue weighted by atomic mass is 9.81. The number of aliphatic hydroxyl groups excluding tert-OH is 1. The number of aliphatic hydroxyl groups is 1. The Balaban J connectivity index is 1.92. The number of hydrogen-bond donors (Lipinski definition) is 3. The van der Waals surface area contributed by atoms with Crippen LogP contribution in [0.15, 0.2) is 4.99 Å². The highest BCUT2D eigenvalue weighted by molar-refractivity contribution is 5.80. The molecule has 0 saturated carbocycles. The first kappa shape index (κ1) is 20.0. The highest BCUT2D eigenvalue weighted by Gasteiger charge is 2.32. The van der Waals surface area contributed by atoms with Crippen LogP contribution in [0.3, 0.4) is 0 Å². The fourth-order valence-corrected chi connectivity index (χ4v) is 3.55. The molecular formula is C18H34N4O3. The van der Waals surface area contributed by atoms with E-state index in [0.29, 0.717) is 32.1 Å². The van der Waals surface area contributed by atoms with Gasteiger partial charge in [0.1, 0.15) is 0 Å². The van der Waals surface area contributed by atoms with E-state index in [1.165, 1.54) is 0 Å². The summed E-state index contributed by atoms with van der Waals surface area (Å²) < 4.78 is 5.43. The molecule has 2 aliphatic rings. The molecule has 0 spiro atoms. The monoisotopic (exact) mass is 354 g/mol. The van der Waals surface area contributed by atoms with E-state index in [9.17, 15) is 9.90 Å². The lowest BCUT2D eigenvalue weighted by molar-refractivity contribution is -0.121. The van der Waals surface area contributed by atoms with Gasteiger partial charge in [-0.3, -0.25) is 9.79 Å². The molecule has 1 amide bonds. The van der Waals surface area contributed by atoms with E-state index >= 15 is 0 Å². The van der Waals surface area contributed by atoms with Crippen LogP contribution in [0.1, 0.15) is 39.0 Å². The van der Waals surface area contributed by atoms with E-state index in [-0.39, 0.29) is 17.9 Å². The van der Waals surface area contributed by atoms with Crippen LogP contribution in [-0.2, 0) is 9.53 Å². The van der Waals surface area contributed by atoms with Crippen molar-refractivity contribution in [1.29, 1.82) is 0 Å². The summed E-state index contributed by atoms with van der Waals surface area (Å²) in [5, 5.41) is 15.9. The zero-order valence-electron chi connectivity index (χ0n) is 15.7. The summed E-state index contributed by atoms with van der Waals surface area (Å²) >= 11 is 0. The number of nitrogens with zero attached hydrogens (tertiary/aromatic N) is 2. The van der Waals surface area contributed by atoms with E-state index in [0.717, 1.165) is 51.3 Å². The second-order valence-electron chi connectivity index (χ2n) is 7.25. The fourth-order valence-electron chi connectivity index (χ4n) is 3.55. The van der Waals surface area contributed by atoms with Crippen molar-refractivity contribution in [3.63, 3.8) is 0 Å². The van der Waals surface area contributed by atoms with Crippen molar-refractivity contribution in [3.05, 3.63) is 0 Å². The van der Waals surface area contributed by atoms with Gasteiger partial charge in [0.25, 0.3) is 0 Å². The minimum Gasteiger partial charge on any atom is -0.396 e. The number of carbonyl (C=O) groups is 1. The number of rotatable bonds is 6. The summed E-state index contributed by atoms with van der Waals surface area (Å²) in [4.78, 5) is 18.7. The average Bonchev–Trinajstić information content (AvgIpc) is 2.66. The Hall–Kier alpha value is -1.34. The van der Waals surface area contributed by atoms with Crippen LogP contribution >= 0.6 is 0 Å². The van der Waals surface area contributed by atoms with Gasteiger partial charge in [-0.25, -0.2) is 0 Å². The predicted molar refractivity (Wildman–Crippen MR) is 98.5 cm³/mol. The van der Waals surface area contributed by atoms with Crippen LogP contribution in [0, 0.1) is 11.3 Å². The van der Waals surface area contributed by atoms with Crippen molar-refractivity contribution in [2.45, 2.75) is 39.0 Å². The van der Waals surface area contributed by atoms with Crippen molar-refractivity contribution in [3.8, 4) is 0 Å². The fraction of sp³-hybridized carbons (Fsp3) is 0.889. The molecule has 0 aliphatic carbocycles. The van der Waals surface area contributed by atoms with Crippen molar-refractivity contribution >= 4 is 11.9 Å². The first-order valence-electron chi connectivity index (χ1n) is 9.55. The van der Waals surface area contributed by atoms with E-state index in [4.69, 9.17) is 9.73 Å². The molecule has 0 atom stereocenters. The van der Waals surface area contributed by atoms with Crippen LogP contribution in [0.25, 0.3) is 0 Å². The topological polar surface area (TPSA) is 86.2 Å². The Morgan fingerprint density at radius 3 is 2.56 bits per heavy atom. The first-order chi connectivity index (χ1) is 12.1. The zero-order valence-corrected chi connectivity index (χ0v) is 15.7. The zero-order chi connectivity index (χ0) is 18.1. The number of carbonyl (C=O) groups excluding carboxylic acids is 1. The van der Waals surface area contributed by atoms with Gasteiger partial charge >= 0.3 is 0 Å². The molecule has 7 heteroatoms. The second-order valence-corrected chi connectivity index (χ2v) is 7.25. The molecule has 25 heavy (non-hydrogen) atoms. The van der Waals surface area contributed by atoms with E-state index in [1.807, 2.05) is 0 Å². The molecule has 0 aromatic heterocycles. The van der Waals surface area contributed by atoms with E-state index in [1.54, 1.807) is 7.05 Å². The highest BCUT2D eigenvalue weighted by Crippen LogP contribution is 2.30. The van der Waals surface area contributed by atoms with Crippen molar-refractivity contribution in [1.82, 2.24) is 15.5 Å². The molecule has 2 fully saturated rings. The second kappa shape index (κ2) is 9.97. The maximum atomic E-state index is 11.5. The lowest BCUT2D eigenvalue weighted by Crippen LogP contribution is -2.47. The molecule has 0 aromatic carbocycles. The number of hydrogen-bond acceptors (Lipinski definition) is 4. The minimum absolute atomic E-state index is 0.128. The van der Waals surface area contributed by atoms with Crippen LogP contribution in [0.4, 0.5) is 0 Å². The van der Waals surface area contributed by atoms with E-state index in [2.05, 4.69) is 22.5 Å². The number of piperidine rings is 1. The van der Waals surface area contributed by atoms with Crippen LogP contribution in [0.2, 0.25) is 0 Å². The molecule has 0 radical (unpaired) electrons. The van der Waals surface area contributed by atoms with Gasteiger partial charge in [-0.15, -0.1) is 0 Å². The average molecular weight is 354 g/mol. The molecule has 144 valence electrons. The van der Waals surface area contributed by atoms with Gasteiger partial charge in [-0.05, 0) is 38.5 Å². The number of aliphatic imine (C=N–C) groups is 1. The molecule has 0 aromatic rings. The number of guanidine groups is 1. The summed E-state index contributed by atoms with van der Waals surface area (Å²) in [7, 11) is 1.70. The minimum atomic E-state index is -0.142. The predicted octanol–water partition coefficient (Wildman–Crippen LogP) is 0.589. The normalized spacial score (nSPS) is 21.9. The third-order valence-corrected chi connectivity index (χ3v) is 5.45. The highest BCUT2D eigenvalue weighted by atomic mass is 16.5. The maximum absolute atomic E-state index is 11.5. The standard InChI is InChI=1S/C18H34N4O3/c1-3-20-17(21-13-18(14-23)6-10-25-11-7-18)22-8-4-15(5-9-22)12-16(24)19-2/h15,23H,3-14H2,1-2H3,(H,19,24)(H,20,21). The van der Waals surface area contributed by atoms with Crippen molar-refractivity contribution in [2.24, 2.45) is 16.3 Å². The van der Waals surface area contributed by atoms with Crippen molar-refractivity contribution < 1.29 is 14.6 Å². The molecule has 0 unspecified atom stereocenters. The maximum Gasteiger partial charge on any atom is 0.220 e. The van der Waals surface area contributed by atoms with Gasteiger partial charge in [0.2, 0.25) is 5.91 Å². The Bertz CT molecular complexity index is 442. The smallest absolute Gasteiger partial charge is 0.220 e. The van der Waals surface area contributed by atoms with Gasteiger partial charge in [0, 0.05) is 51.7 Å². The molecule has 7 nitrogen and oxygen atoms in total. The third-order valence-electron chi connectivity index (χ3n) is 5.45. The van der Waals surface area contributed by atoms with Gasteiger partial charge in [0.05, 0.1) is 13.2 Å². The van der Waals surface area contributed by atoms with Gasteiger partial charge in [-0.2, -0.15) is 0 Å². The summed E-state index contributed by atoms with van der Waals surface area (Å²) in [6, 6.07) is 0. The molecular weight excluding hydrogens is 320 g/mol. The third kappa shape index (κ3) is 5.85. The Kier molecular flexibility index (Phi) is 7.96. The number of ether oxygens (including phenoxy) is 1. The Morgan fingerprint density at radius 2 is 2.00 bits per heavy atom. The number of amides is 1. The van der Waals surface area contributed by atoms with Crippen LogP contribution < -0.4 is 10.6 Å². The molecule has 2 heterocycles. The summed E-state index contributed by atoms with van der Waals surface area (Å²) in [5.41, 5.74) is -0.142. The summed E-state index contributed by atoms with van der Waals surface area (Å²) in [6.45, 7) is 6.94. The number of nitrogens with one attached hydrogen (secondary N) is 2. The SMILES string of the molecule is CCNC(=NCC1(CO)CCOCC1)N1CCC(CC(=O)NC)CC1. The largest absolute Gasteiger partial charge is 0.396 e. The van der Waals surface area contributed by atoms with Crippen LogP contribution in [-0.4, -0.2) is 74.9 Å².